The predicted molar refractivity (Wildman–Crippen MR) is 90.3 cm³/mol. The van der Waals surface area contributed by atoms with Crippen LogP contribution in [0.4, 0.5) is 0 Å². The van der Waals surface area contributed by atoms with E-state index in [-0.39, 0.29) is 6.10 Å². The van der Waals surface area contributed by atoms with Gasteiger partial charge in [-0.1, -0.05) is 24.3 Å². The van der Waals surface area contributed by atoms with E-state index in [2.05, 4.69) is 9.97 Å². The van der Waals surface area contributed by atoms with Gasteiger partial charge in [-0.3, -0.25) is 9.11 Å². The number of hydrogen-bond acceptors (Lipinski definition) is 5. The molecule has 132 valence electrons. The standard InChI is InChI=1S/C16H14N2O2.H2O4S/c1-2-6-13-12(5-1)17-16(18-13)9-11-10-19-14-7-3-4-8-15(14)20-11;1-5(2,3)4/h1-8,11H,9-10H2,(H,17,18);(H2,1,2,3,4). The summed E-state index contributed by atoms with van der Waals surface area (Å²) in [6.45, 7) is 0.550. The molecular formula is C16H16N2O6S. The van der Waals surface area contributed by atoms with Crippen molar-refractivity contribution in [2.75, 3.05) is 6.61 Å². The molecule has 2 heterocycles. The van der Waals surface area contributed by atoms with Crippen LogP contribution >= 0.6 is 0 Å². The van der Waals surface area contributed by atoms with E-state index in [1.807, 2.05) is 48.5 Å². The minimum absolute atomic E-state index is 0.00883. The molecule has 1 atom stereocenters. The van der Waals surface area contributed by atoms with Gasteiger partial charge in [-0.2, -0.15) is 8.42 Å². The van der Waals surface area contributed by atoms with Crippen LogP contribution in [0, 0.1) is 0 Å². The Hall–Kier alpha value is -2.62. The van der Waals surface area contributed by atoms with E-state index in [1.165, 1.54) is 0 Å². The van der Waals surface area contributed by atoms with Crippen molar-refractivity contribution in [1.29, 1.82) is 0 Å². The van der Waals surface area contributed by atoms with Crippen molar-refractivity contribution < 1.29 is 27.0 Å². The highest BCUT2D eigenvalue weighted by atomic mass is 32.3. The first-order valence-electron chi connectivity index (χ1n) is 7.40. The molecule has 0 spiro atoms. The first kappa shape index (κ1) is 17.2. The van der Waals surface area contributed by atoms with E-state index in [0.717, 1.165) is 28.4 Å². The van der Waals surface area contributed by atoms with E-state index in [4.69, 9.17) is 27.0 Å². The smallest absolute Gasteiger partial charge is 0.394 e. The second-order valence-corrected chi connectivity index (χ2v) is 6.25. The SMILES string of the molecule is O=S(=O)(O)O.c1ccc2c(c1)OCC(Cc1nc3ccccc3[nH]1)O2. The lowest BCUT2D eigenvalue weighted by atomic mass is 10.2. The molecule has 0 amide bonds. The van der Waals surface area contributed by atoms with Gasteiger partial charge in [0.1, 0.15) is 18.5 Å². The summed E-state index contributed by atoms with van der Waals surface area (Å²) >= 11 is 0. The normalized spacial score (nSPS) is 16.2. The summed E-state index contributed by atoms with van der Waals surface area (Å²) in [4.78, 5) is 7.89. The Morgan fingerprint density at radius 1 is 1.08 bits per heavy atom. The zero-order valence-electron chi connectivity index (χ0n) is 13.0. The lowest BCUT2D eigenvalue weighted by Crippen LogP contribution is -2.31. The largest absolute Gasteiger partial charge is 0.486 e. The molecule has 25 heavy (non-hydrogen) atoms. The maximum atomic E-state index is 8.74. The molecule has 1 unspecified atom stereocenters. The van der Waals surface area contributed by atoms with E-state index >= 15 is 0 Å². The van der Waals surface area contributed by atoms with Crippen LogP contribution in [0.25, 0.3) is 11.0 Å². The number of aromatic amines is 1. The molecule has 2 aromatic carbocycles. The van der Waals surface area contributed by atoms with Crippen molar-refractivity contribution >= 4 is 21.4 Å². The Balaban J connectivity index is 0.000000324. The molecule has 0 bridgehead atoms. The molecule has 0 saturated heterocycles. The highest BCUT2D eigenvalue weighted by Gasteiger charge is 2.22. The average Bonchev–Trinajstić information content (AvgIpc) is 2.95. The topological polar surface area (TPSA) is 122 Å². The fraction of sp³-hybridized carbons (Fsp3) is 0.188. The van der Waals surface area contributed by atoms with Crippen LogP contribution < -0.4 is 9.47 Å². The van der Waals surface area contributed by atoms with Gasteiger partial charge in [0.25, 0.3) is 0 Å². The number of fused-ring (bicyclic) bond motifs is 2. The zero-order valence-corrected chi connectivity index (χ0v) is 13.8. The predicted octanol–water partition coefficient (Wildman–Crippen LogP) is 2.29. The molecule has 4 rings (SSSR count). The Labute approximate surface area is 144 Å². The summed E-state index contributed by atoms with van der Waals surface area (Å²) in [6.07, 6.45) is 0.702. The van der Waals surface area contributed by atoms with Crippen LogP contribution in [-0.4, -0.2) is 40.2 Å². The van der Waals surface area contributed by atoms with Gasteiger partial charge in [0.05, 0.1) is 11.0 Å². The van der Waals surface area contributed by atoms with E-state index in [0.29, 0.717) is 13.0 Å². The molecule has 9 heteroatoms. The van der Waals surface area contributed by atoms with Gasteiger partial charge in [-0.15, -0.1) is 0 Å². The van der Waals surface area contributed by atoms with Gasteiger partial charge in [0.2, 0.25) is 0 Å². The molecule has 8 nitrogen and oxygen atoms in total. The van der Waals surface area contributed by atoms with Crippen molar-refractivity contribution in [3.8, 4) is 11.5 Å². The molecule has 3 N–H and O–H groups in total. The third-order valence-electron chi connectivity index (χ3n) is 3.43. The third kappa shape index (κ3) is 4.92. The van der Waals surface area contributed by atoms with Gasteiger partial charge < -0.3 is 14.5 Å². The second-order valence-electron chi connectivity index (χ2n) is 5.35. The highest BCUT2D eigenvalue weighted by molar-refractivity contribution is 7.79. The molecule has 1 aliphatic heterocycles. The monoisotopic (exact) mass is 364 g/mol. The van der Waals surface area contributed by atoms with Crippen LogP contribution in [0.3, 0.4) is 0 Å². The summed E-state index contributed by atoms with van der Waals surface area (Å²) in [5, 5.41) is 0. The fourth-order valence-corrected chi connectivity index (χ4v) is 2.48. The molecule has 0 saturated carbocycles. The van der Waals surface area contributed by atoms with Crippen LogP contribution in [0.5, 0.6) is 11.5 Å². The number of H-pyrrole nitrogens is 1. The van der Waals surface area contributed by atoms with E-state index in [9.17, 15) is 0 Å². The summed E-state index contributed by atoms with van der Waals surface area (Å²) in [6, 6.07) is 15.8. The fourth-order valence-electron chi connectivity index (χ4n) is 2.48. The average molecular weight is 364 g/mol. The first-order valence-corrected chi connectivity index (χ1v) is 8.80. The molecule has 1 aliphatic rings. The Morgan fingerprint density at radius 3 is 2.44 bits per heavy atom. The van der Waals surface area contributed by atoms with E-state index in [1.54, 1.807) is 0 Å². The number of ether oxygens (including phenoxy) is 2. The van der Waals surface area contributed by atoms with Gasteiger partial charge in [0, 0.05) is 6.42 Å². The molecule has 1 aromatic heterocycles. The van der Waals surface area contributed by atoms with Crippen molar-refractivity contribution in [2.24, 2.45) is 0 Å². The minimum Gasteiger partial charge on any atom is -0.486 e. The molecular weight excluding hydrogens is 348 g/mol. The van der Waals surface area contributed by atoms with Crippen LogP contribution in [0.2, 0.25) is 0 Å². The molecule has 0 fully saturated rings. The number of hydrogen-bond donors (Lipinski definition) is 3. The minimum atomic E-state index is -4.67. The number of nitrogens with zero attached hydrogens (tertiary/aromatic N) is 1. The third-order valence-corrected chi connectivity index (χ3v) is 3.43. The number of aromatic nitrogens is 2. The summed E-state index contributed by atoms with van der Waals surface area (Å²) in [5.74, 6) is 2.55. The maximum absolute atomic E-state index is 8.74. The van der Waals surface area contributed by atoms with Gasteiger partial charge in [0.15, 0.2) is 11.5 Å². The van der Waals surface area contributed by atoms with Crippen molar-refractivity contribution in [1.82, 2.24) is 9.97 Å². The summed E-state index contributed by atoms with van der Waals surface area (Å²) in [5.41, 5.74) is 2.04. The summed E-state index contributed by atoms with van der Waals surface area (Å²) in [7, 11) is -4.67. The van der Waals surface area contributed by atoms with Crippen molar-refractivity contribution in [3.05, 3.63) is 54.4 Å². The second kappa shape index (κ2) is 7.09. The van der Waals surface area contributed by atoms with Crippen LogP contribution in [-0.2, 0) is 16.8 Å². The van der Waals surface area contributed by atoms with Crippen molar-refractivity contribution in [2.45, 2.75) is 12.5 Å². The van der Waals surface area contributed by atoms with Gasteiger partial charge >= 0.3 is 10.4 Å². The Kier molecular flexibility index (Phi) is 4.88. The highest BCUT2D eigenvalue weighted by Crippen LogP contribution is 2.31. The number of rotatable bonds is 2. The number of imidazole rings is 1. The number of para-hydroxylation sites is 4. The number of benzene rings is 2. The molecule has 0 radical (unpaired) electrons. The van der Waals surface area contributed by atoms with Crippen molar-refractivity contribution in [3.63, 3.8) is 0 Å². The maximum Gasteiger partial charge on any atom is 0.394 e. The zero-order chi connectivity index (χ0) is 17.9. The Bertz CT molecular complexity index is 928. The van der Waals surface area contributed by atoms with Gasteiger partial charge in [-0.25, -0.2) is 4.98 Å². The molecule has 0 aliphatic carbocycles. The summed E-state index contributed by atoms with van der Waals surface area (Å²) < 4.78 is 43.2. The quantitative estimate of drug-likeness (QED) is 0.596. The lowest BCUT2D eigenvalue weighted by Gasteiger charge is -2.25. The van der Waals surface area contributed by atoms with Gasteiger partial charge in [-0.05, 0) is 24.3 Å². The van der Waals surface area contributed by atoms with Crippen LogP contribution in [0.15, 0.2) is 48.5 Å². The first-order chi connectivity index (χ1) is 11.9. The lowest BCUT2D eigenvalue weighted by molar-refractivity contribution is 0.0900. The number of nitrogens with one attached hydrogen (secondary N) is 1. The van der Waals surface area contributed by atoms with E-state index < -0.39 is 10.4 Å². The Morgan fingerprint density at radius 2 is 1.72 bits per heavy atom. The molecule has 3 aromatic rings. The van der Waals surface area contributed by atoms with Crippen LogP contribution in [0.1, 0.15) is 5.82 Å².